The van der Waals surface area contributed by atoms with Gasteiger partial charge in [-0.15, -0.1) is 0 Å². The second-order valence-corrected chi connectivity index (χ2v) is 10.3. The largest absolute Gasteiger partial charge is 0.308 e. The summed E-state index contributed by atoms with van der Waals surface area (Å²) < 4.78 is 31.0. The molecular weight excluding hydrogens is 440 g/mol. The predicted octanol–water partition coefficient (Wildman–Crippen LogP) is 4.74. The number of aromatic nitrogens is 1. The smallest absolute Gasteiger partial charge is 0.294 e. The van der Waals surface area contributed by atoms with Crippen LogP contribution in [-0.4, -0.2) is 13.0 Å². The summed E-state index contributed by atoms with van der Waals surface area (Å²) in [6.07, 6.45) is 0. The molecule has 0 unspecified atom stereocenters. The zero-order valence-electron chi connectivity index (χ0n) is 17.1. The molecule has 7 heteroatoms. The van der Waals surface area contributed by atoms with Crippen LogP contribution in [0.1, 0.15) is 11.1 Å². The zero-order chi connectivity index (χ0) is 22.1. The summed E-state index contributed by atoms with van der Waals surface area (Å²) in [6, 6.07) is 28.3. The van der Waals surface area contributed by atoms with Gasteiger partial charge in [0.05, 0.1) is 21.7 Å². The van der Waals surface area contributed by atoms with Crippen LogP contribution in [0.3, 0.4) is 0 Å². The van der Waals surface area contributed by atoms with Crippen molar-refractivity contribution in [2.45, 2.75) is 18.0 Å². The minimum Gasteiger partial charge on any atom is -0.294 e. The topological polar surface area (TPSA) is 68.2 Å². The third kappa shape index (κ3) is 3.98. The Kier molecular flexibility index (Phi) is 5.38. The molecule has 0 radical (unpaired) electrons. The third-order valence-electron chi connectivity index (χ3n) is 5.47. The number of thiazole rings is 1. The van der Waals surface area contributed by atoms with E-state index in [0.29, 0.717) is 11.2 Å². The second kappa shape index (κ2) is 8.35. The van der Waals surface area contributed by atoms with E-state index in [1.54, 1.807) is 22.8 Å². The molecule has 5 rings (SSSR count). The summed E-state index contributed by atoms with van der Waals surface area (Å²) in [6.45, 7) is 0.637. The Morgan fingerprint density at radius 1 is 0.844 bits per heavy atom. The lowest BCUT2D eigenvalue weighted by atomic mass is 10.1. The summed E-state index contributed by atoms with van der Waals surface area (Å²) in [7, 11) is -3.74. The van der Waals surface area contributed by atoms with Crippen LogP contribution in [0.15, 0.2) is 101 Å². The highest BCUT2D eigenvalue weighted by Crippen LogP contribution is 2.23. The molecule has 5 aromatic rings. The summed E-state index contributed by atoms with van der Waals surface area (Å²) in [4.78, 5) is 12.6. The summed E-state index contributed by atoms with van der Waals surface area (Å²) in [5.41, 5.74) is 2.66. The number of rotatable bonds is 6. The van der Waals surface area contributed by atoms with Crippen LogP contribution in [-0.2, 0) is 23.1 Å². The Morgan fingerprint density at radius 3 is 2.44 bits per heavy atom. The first-order chi connectivity index (χ1) is 15.5. The fourth-order valence-corrected chi connectivity index (χ4v) is 5.87. The molecule has 32 heavy (non-hydrogen) atoms. The van der Waals surface area contributed by atoms with Crippen molar-refractivity contribution >= 4 is 42.3 Å². The van der Waals surface area contributed by atoms with Gasteiger partial charge in [0.15, 0.2) is 0 Å². The van der Waals surface area contributed by atoms with Crippen LogP contribution < -0.4 is 9.60 Å². The van der Waals surface area contributed by atoms with Gasteiger partial charge in [-0.05, 0) is 40.1 Å². The maximum absolute atomic E-state index is 13.0. The van der Waals surface area contributed by atoms with Gasteiger partial charge in [-0.25, -0.2) is 13.1 Å². The van der Waals surface area contributed by atoms with E-state index in [0.717, 1.165) is 38.8 Å². The van der Waals surface area contributed by atoms with E-state index in [1.807, 2.05) is 72.8 Å². The molecule has 5 nitrogen and oxygen atoms in total. The van der Waals surface area contributed by atoms with Gasteiger partial charge in [0.25, 0.3) is 0 Å². The van der Waals surface area contributed by atoms with Crippen molar-refractivity contribution in [2.24, 2.45) is 0 Å². The van der Waals surface area contributed by atoms with E-state index in [9.17, 15) is 13.2 Å². The highest BCUT2D eigenvalue weighted by atomic mass is 32.2. The van der Waals surface area contributed by atoms with Crippen molar-refractivity contribution in [1.29, 1.82) is 0 Å². The molecule has 0 atom stereocenters. The number of benzene rings is 4. The van der Waals surface area contributed by atoms with Crippen molar-refractivity contribution in [3.8, 4) is 0 Å². The molecule has 0 saturated carbocycles. The zero-order valence-corrected chi connectivity index (χ0v) is 18.7. The van der Waals surface area contributed by atoms with Crippen molar-refractivity contribution < 1.29 is 8.42 Å². The minimum absolute atomic E-state index is 0.109. The average molecular weight is 461 g/mol. The Labute approximate surface area is 189 Å². The molecule has 1 aromatic heterocycles. The molecule has 1 N–H and O–H groups in total. The van der Waals surface area contributed by atoms with E-state index in [1.165, 1.54) is 0 Å². The van der Waals surface area contributed by atoms with E-state index < -0.39 is 10.0 Å². The standard InChI is InChI=1S/C25H20N2O3S2/c28-25-27(17-18-7-2-1-3-8-18)23-14-13-21(15-24(23)31-25)32(29,30)26-16-20-11-6-10-19-9-4-5-12-22(19)20/h1-15,26H,16-17H2. The molecular formula is C25H20N2O3S2. The first kappa shape index (κ1) is 20.6. The molecule has 0 saturated heterocycles. The minimum atomic E-state index is -3.74. The van der Waals surface area contributed by atoms with Gasteiger partial charge in [0.2, 0.25) is 10.0 Å². The lowest BCUT2D eigenvalue weighted by Gasteiger charge is -2.10. The molecule has 0 aliphatic carbocycles. The Morgan fingerprint density at radius 2 is 1.59 bits per heavy atom. The molecule has 0 bridgehead atoms. The van der Waals surface area contributed by atoms with Crippen LogP contribution in [0.25, 0.3) is 21.0 Å². The SMILES string of the molecule is O=c1sc2cc(S(=O)(=O)NCc3cccc4ccccc34)ccc2n1Cc1ccccc1. The molecule has 4 aromatic carbocycles. The first-order valence-corrected chi connectivity index (χ1v) is 12.4. The molecule has 0 spiro atoms. The number of sulfonamides is 1. The maximum atomic E-state index is 13.0. The van der Waals surface area contributed by atoms with E-state index in [4.69, 9.17) is 0 Å². The number of nitrogens with zero attached hydrogens (tertiary/aromatic N) is 1. The van der Waals surface area contributed by atoms with Crippen molar-refractivity contribution in [3.05, 3.63) is 112 Å². The van der Waals surface area contributed by atoms with Gasteiger partial charge in [-0.3, -0.25) is 9.36 Å². The fourth-order valence-electron chi connectivity index (χ4n) is 3.83. The lowest BCUT2D eigenvalue weighted by molar-refractivity contribution is 0.581. The van der Waals surface area contributed by atoms with Gasteiger partial charge in [0, 0.05) is 6.54 Å². The number of nitrogens with one attached hydrogen (secondary N) is 1. The summed E-state index contributed by atoms with van der Waals surface area (Å²) >= 11 is 1.06. The van der Waals surface area contributed by atoms with Crippen molar-refractivity contribution in [2.75, 3.05) is 0 Å². The average Bonchev–Trinajstić information content (AvgIpc) is 3.12. The highest BCUT2D eigenvalue weighted by Gasteiger charge is 2.17. The quantitative estimate of drug-likeness (QED) is 0.398. The Bertz CT molecular complexity index is 1580. The van der Waals surface area contributed by atoms with Crippen LogP contribution in [0, 0.1) is 0 Å². The summed E-state index contributed by atoms with van der Waals surface area (Å²) in [5, 5.41) is 2.08. The van der Waals surface area contributed by atoms with Gasteiger partial charge >= 0.3 is 4.87 Å². The van der Waals surface area contributed by atoms with Gasteiger partial charge < -0.3 is 0 Å². The van der Waals surface area contributed by atoms with Gasteiger partial charge in [0.1, 0.15) is 0 Å². The highest BCUT2D eigenvalue weighted by molar-refractivity contribution is 7.89. The van der Waals surface area contributed by atoms with Crippen LogP contribution >= 0.6 is 11.3 Å². The third-order valence-corrected chi connectivity index (χ3v) is 7.81. The lowest BCUT2D eigenvalue weighted by Crippen LogP contribution is -2.23. The number of fused-ring (bicyclic) bond motifs is 2. The Balaban J connectivity index is 1.43. The number of hydrogen-bond donors (Lipinski definition) is 1. The molecule has 160 valence electrons. The monoisotopic (exact) mass is 460 g/mol. The summed E-state index contributed by atoms with van der Waals surface area (Å²) in [5.74, 6) is 0. The van der Waals surface area contributed by atoms with E-state index in [-0.39, 0.29) is 16.3 Å². The molecule has 0 aliphatic rings. The number of hydrogen-bond acceptors (Lipinski definition) is 4. The Hall–Kier alpha value is -3.26. The predicted molar refractivity (Wildman–Crippen MR) is 130 cm³/mol. The first-order valence-electron chi connectivity index (χ1n) is 10.1. The van der Waals surface area contributed by atoms with Gasteiger partial charge in [-0.2, -0.15) is 0 Å². The van der Waals surface area contributed by atoms with Crippen molar-refractivity contribution in [3.63, 3.8) is 0 Å². The fraction of sp³-hybridized carbons (Fsp3) is 0.0800. The van der Waals surface area contributed by atoms with Gasteiger partial charge in [-0.1, -0.05) is 84.1 Å². The molecule has 1 heterocycles. The normalized spacial score (nSPS) is 11.9. The second-order valence-electron chi connectivity index (χ2n) is 7.53. The molecule has 0 amide bonds. The molecule has 0 aliphatic heterocycles. The maximum Gasteiger partial charge on any atom is 0.308 e. The van der Waals surface area contributed by atoms with E-state index in [2.05, 4.69) is 4.72 Å². The molecule has 0 fully saturated rings. The van der Waals surface area contributed by atoms with E-state index >= 15 is 0 Å². The van der Waals surface area contributed by atoms with Crippen LogP contribution in [0.4, 0.5) is 0 Å². The van der Waals surface area contributed by atoms with Crippen LogP contribution in [0.5, 0.6) is 0 Å². The van der Waals surface area contributed by atoms with Crippen molar-refractivity contribution in [1.82, 2.24) is 9.29 Å². The van der Waals surface area contributed by atoms with Crippen LogP contribution in [0.2, 0.25) is 0 Å².